The molecule has 2 aromatic rings. The molecule has 0 amide bonds. The maximum absolute atomic E-state index is 5.90. The lowest BCUT2D eigenvalue weighted by atomic mass is 10.2. The first-order chi connectivity index (χ1) is 12.8. The summed E-state index contributed by atoms with van der Waals surface area (Å²) in [6.07, 6.45) is 6.46. The minimum Gasteiger partial charge on any atom is -0.341 e. The van der Waals surface area contributed by atoms with Crippen LogP contribution in [-0.4, -0.2) is 47.3 Å². The lowest BCUT2D eigenvalue weighted by Crippen LogP contribution is -2.25. The van der Waals surface area contributed by atoms with E-state index >= 15 is 0 Å². The van der Waals surface area contributed by atoms with E-state index in [2.05, 4.69) is 30.3 Å². The van der Waals surface area contributed by atoms with Crippen LogP contribution in [0.3, 0.4) is 0 Å². The molecule has 1 N–H and O–H groups in total. The fourth-order valence-electron chi connectivity index (χ4n) is 3.23. The maximum atomic E-state index is 5.90. The number of hydrazone groups is 1. The molecule has 2 fully saturated rings. The molecule has 136 valence electrons. The van der Waals surface area contributed by atoms with E-state index in [9.17, 15) is 0 Å². The SMILES string of the molecule is Clc1ccc(/C=N\Nc2nc(N3CCCC3)nc(N3CCCC3)n2)cc1. The summed E-state index contributed by atoms with van der Waals surface area (Å²) in [5, 5.41) is 4.98. The summed E-state index contributed by atoms with van der Waals surface area (Å²) in [4.78, 5) is 18.3. The van der Waals surface area contributed by atoms with Crippen LogP contribution in [0.1, 0.15) is 31.2 Å². The third-order valence-electron chi connectivity index (χ3n) is 4.64. The van der Waals surface area contributed by atoms with Crippen molar-refractivity contribution in [3.63, 3.8) is 0 Å². The standard InChI is InChI=1S/C18H22ClN7/c19-15-7-5-14(6-8-15)13-20-24-16-21-17(25-9-1-2-10-25)23-18(22-16)26-11-3-4-12-26/h5-8,13H,1-4,9-12H2,(H,21,22,23,24)/b20-13-. The Morgan fingerprint density at radius 1 is 0.846 bits per heavy atom. The summed E-state index contributed by atoms with van der Waals surface area (Å²) in [6, 6.07) is 7.49. The summed E-state index contributed by atoms with van der Waals surface area (Å²) in [5.41, 5.74) is 3.91. The lowest BCUT2D eigenvalue weighted by molar-refractivity contribution is 0.838. The molecule has 1 aromatic heterocycles. The normalized spacial score (nSPS) is 17.4. The van der Waals surface area contributed by atoms with Crippen molar-refractivity contribution in [2.45, 2.75) is 25.7 Å². The molecule has 2 aliphatic rings. The van der Waals surface area contributed by atoms with Crippen molar-refractivity contribution in [1.29, 1.82) is 0 Å². The topological polar surface area (TPSA) is 69.5 Å². The second-order valence-electron chi connectivity index (χ2n) is 6.57. The quantitative estimate of drug-likeness (QED) is 0.643. The Morgan fingerprint density at radius 3 is 1.92 bits per heavy atom. The molecule has 0 atom stereocenters. The van der Waals surface area contributed by atoms with Gasteiger partial charge in [0.2, 0.25) is 17.8 Å². The molecular formula is C18H22ClN7. The first-order valence-electron chi connectivity index (χ1n) is 9.08. The van der Waals surface area contributed by atoms with E-state index < -0.39 is 0 Å². The molecule has 4 rings (SSSR count). The summed E-state index contributed by atoms with van der Waals surface area (Å²) in [6.45, 7) is 3.99. The first-order valence-corrected chi connectivity index (χ1v) is 9.46. The number of halogens is 1. The molecule has 1 aromatic carbocycles. The predicted octanol–water partition coefficient (Wildman–Crippen LogP) is 3.17. The number of anilines is 3. The molecule has 8 heteroatoms. The number of aromatic nitrogens is 3. The van der Waals surface area contributed by atoms with Crippen LogP contribution in [-0.2, 0) is 0 Å². The number of hydrogen-bond donors (Lipinski definition) is 1. The highest BCUT2D eigenvalue weighted by Crippen LogP contribution is 2.22. The summed E-state index contributed by atoms with van der Waals surface area (Å²) in [7, 11) is 0. The van der Waals surface area contributed by atoms with Crippen LogP contribution in [0, 0.1) is 0 Å². The van der Waals surface area contributed by atoms with E-state index in [0.29, 0.717) is 11.0 Å². The van der Waals surface area contributed by atoms with E-state index in [1.807, 2.05) is 24.3 Å². The third-order valence-corrected chi connectivity index (χ3v) is 4.89. The Kier molecular flexibility index (Phi) is 5.15. The zero-order chi connectivity index (χ0) is 17.8. The van der Waals surface area contributed by atoms with E-state index in [-0.39, 0.29) is 0 Å². The average Bonchev–Trinajstić information content (AvgIpc) is 3.37. The molecule has 0 bridgehead atoms. The van der Waals surface area contributed by atoms with Crippen LogP contribution in [0.4, 0.5) is 17.8 Å². The highest BCUT2D eigenvalue weighted by Gasteiger charge is 2.21. The molecule has 2 aliphatic heterocycles. The van der Waals surface area contributed by atoms with Crippen LogP contribution >= 0.6 is 11.6 Å². The van der Waals surface area contributed by atoms with Crippen LogP contribution in [0.15, 0.2) is 29.4 Å². The number of hydrogen-bond acceptors (Lipinski definition) is 7. The van der Waals surface area contributed by atoms with Crippen LogP contribution in [0.2, 0.25) is 5.02 Å². The Bertz CT molecular complexity index is 731. The van der Waals surface area contributed by atoms with Crippen molar-refractivity contribution in [2.24, 2.45) is 5.10 Å². The third kappa shape index (κ3) is 4.04. The minimum absolute atomic E-state index is 0.481. The smallest absolute Gasteiger partial charge is 0.250 e. The summed E-state index contributed by atoms with van der Waals surface area (Å²) in [5.74, 6) is 1.96. The molecule has 0 aliphatic carbocycles. The van der Waals surface area contributed by atoms with E-state index in [1.165, 1.54) is 25.7 Å². The Labute approximate surface area is 158 Å². The minimum atomic E-state index is 0.481. The van der Waals surface area contributed by atoms with Crippen LogP contribution in [0.25, 0.3) is 0 Å². The average molecular weight is 372 g/mol. The van der Waals surface area contributed by atoms with Crippen molar-refractivity contribution in [3.05, 3.63) is 34.9 Å². The van der Waals surface area contributed by atoms with Gasteiger partial charge in [-0.1, -0.05) is 23.7 Å². The number of nitrogens with one attached hydrogen (secondary N) is 1. The van der Waals surface area contributed by atoms with Crippen molar-refractivity contribution < 1.29 is 0 Å². The van der Waals surface area contributed by atoms with Crippen molar-refractivity contribution in [2.75, 3.05) is 41.4 Å². The predicted molar refractivity (Wildman–Crippen MR) is 105 cm³/mol. The van der Waals surface area contributed by atoms with Gasteiger partial charge in [-0.25, -0.2) is 5.43 Å². The van der Waals surface area contributed by atoms with Crippen molar-refractivity contribution >= 4 is 35.7 Å². The zero-order valence-electron chi connectivity index (χ0n) is 14.6. The monoisotopic (exact) mass is 371 g/mol. The van der Waals surface area contributed by atoms with Gasteiger partial charge < -0.3 is 9.80 Å². The zero-order valence-corrected chi connectivity index (χ0v) is 15.4. The van der Waals surface area contributed by atoms with Gasteiger partial charge in [0.1, 0.15) is 0 Å². The van der Waals surface area contributed by atoms with Crippen LogP contribution in [0.5, 0.6) is 0 Å². The second-order valence-corrected chi connectivity index (χ2v) is 7.01. The molecule has 7 nitrogen and oxygen atoms in total. The van der Waals surface area contributed by atoms with Gasteiger partial charge >= 0.3 is 0 Å². The number of rotatable bonds is 5. The van der Waals surface area contributed by atoms with Gasteiger partial charge in [-0.3, -0.25) is 0 Å². The van der Waals surface area contributed by atoms with Gasteiger partial charge in [-0.05, 0) is 43.4 Å². The van der Waals surface area contributed by atoms with Gasteiger partial charge in [0.05, 0.1) is 6.21 Å². The van der Waals surface area contributed by atoms with Gasteiger partial charge in [0, 0.05) is 31.2 Å². The lowest BCUT2D eigenvalue weighted by Gasteiger charge is -2.20. The highest BCUT2D eigenvalue weighted by atomic mass is 35.5. The van der Waals surface area contributed by atoms with Gasteiger partial charge in [-0.15, -0.1) is 0 Å². The largest absolute Gasteiger partial charge is 0.341 e. The van der Waals surface area contributed by atoms with E-state index in [1.54, 1.807) is 6.21 Å². The molecule has 0 saturated carbocycles. The summed E-state index contributed by atoms with van der Waals surface area (Å²) < 4.78 is 0. The Balaban J connectivity index is 1.54. The van der Waals surface area contributed by atoms with Gasteiger partial charge in [-0.2, -0.15) is 20.1 Å². The Hall–Kier alpha value is -2.41. The first kappa shape index (κ1) is 17.0. The molecule has 2 saturated heterocycles. The van der Waals surface area contributed by atoms with Crippen LogP contribution < -0.4 is 15.2 Å². The molecule has 0 radical (unpaired) electrons. The highest BCUT2D eigenvalue weighted by molar-refractivity contribution is 6.30. The van der Waals surface area contributed by atoms with Crippen molar-refractivity contribution in [3.8, 4) is 0 Å². The molecule has 0 unspecified atom stereocenters. The fourth-order valence-corrected chi connectivity index (χ4v) is 3.36. The molecular weight excluding hydrogens is 350 g/mol. The van der Waals surface area contributed by atoms with Gasteiger partial charge in [0.25, 0.3) is 0 Å². The van der Waals surface area contributed by atoms with E-state index in [0.717, 1.165) is 43.6 Å². The molecule has 26 heavy (non-hydrogen) atoms. The summed E-state index contributed by atoms with van der Waals surface area (Å²) >= 11 is 5.90. The number of benzene rings is 1. The molecule has 0 spiro atoms. The maximum Gasteiger partial charge on any atom is 0.250 e. The van der Waals surface area contributed by atoms with E-state index in [4.69, 9.17) is 16.6 Å². The Morgan fingerprint density at radius 2 is 1.38 bits per heavy atom. The van der Waals surface area contributed by atoms with Gasteiger partial charge in [0.15, 0.2) is 0 Å². The number of nitrogens with zero attached hydrogens (tertiary/aromatic N) is 6. The fraction of sp³-hybridized carbons (Fsp3) is 0.444. The second kappa shape index (κ2) is 7.86. The molecule has 3 heterocycles. The van der Waals surface area contributed by atoms with Crippen molar-refractivity contribution in [1.82, 2.24) is 15.0 Å².